The van der Waals surface area contributed by atoms with E-state index in [2.05, 4.69) is 46.3 Å². The highest BCUT2D eigenvalue weighted by Crippen LogP contribution is 1.99. The molecule has 0 amide bonds. The Hall–Kier alpha value is -0.923. The molecule has 0 aromatic carbocycles. The second-order valence-electron chi connectivity index (χ2n) is 3.61. The maximum absolute atomic E-state index is 5.48. The lowest BCUT2D eigenvalue weighted by atomic mass is 10.5. The first-order valence-corrected chi connectivity index (χ1v) is 7.73. The van der Waals surface area contributed by atoms with Gasteiger partial charge in [0, 0.05) is 0 Å². The molecule has 0 N–H and O–H groups in total. The van der Waals surface area contributed by atoms with Gasteiger partial charge in [0.2, 0.25) is 5.28 Å². The third-order valence-electron chi connectivity index (χ3n) is 1.10. The zero-order chi connectivity index (χ0) is 9.90. The lowest BCUT2D eigenvalue weighted by molar-refractivity contribution is 0.955. The van der Waals surface area contributed by atoms with E-state index in [0.29, 0.717) is 5.69 Å². The first kappa shape index (κ1) is 10.2. The van der Waals surface area contributed by atoms with E-state index in [-0.39, 0.29) is 5.28 Å². The molecule has 0 saturated carbocycles. The van der Waals surface area contributed by atoms with Gasteiger partial charge in [0.1, 0.15) is 8.07 Å². The number of aromatic nitrogens is 3. The van der Waals surface area contributed by atoms with E-state index in [1.54, 1.807) is 0 Å². The SMILES string of the molecule is C[Si](C)(C)C#Cc1cnc(Cl)nn1. The summed E-state index contributed by atoms with van der Waals surface area (Å²) in [5.74, 6) is 2.93. The predicted molar refractivity (Wildman–Crippen MR) is 55.1 cm³/mol. The van der Waals surface area contributed by atoms with Gasteiger partial charge in [0.25, 0.3) is 0 Å². The van der Waals surface area contributed by atoms with Crippen LogP contribution in [0.25, 0.3) is 0 Å². The maximum Gasteiger partial charge on any atom is 0.243 e. The summed E-state index contributed by atoms with van der Waals surface area (Å²) in [6.07, 6.45) is 1.53. The van der Waals surface area contributed by atoms with Gasteiger partial charge in [-0.3, -0.25) is 0 Å². The molecule has 0 unspecified atom stereocenters. The molecule has 0 aliphatic heterocycles. The number of halogens is 1. The van der Waals surface area contributed by atoms with E-state index in [4.69, 9.17) is 11.6 Å². The van der Waals surface area contributed by atoms with Crippen LogP contribution in [0.2, 0.25) is 24.9 Å². The van der Waals surface area contributed by atoms with Crippen molar-refractivity contribution >= 4 is 19.7 Å². The van der Waals surface area contributed by atoms with Crippen molar-refractivity contribution in [3.8, 4) is 11.5 Å². The van der Waals surface area contributed by atoms with Crippen LogP contribution in [0.1, 0.15) is 5.69 Å². The molecule has 3 nitrogen and oxygen atoms in total. The van der Waals surface area contributed by atoms with Gasteiger partial charge < -0.3 is 0 Å². The van der Waals surface area contributed by atoms with E-state index >= 15 is 0 Å². The normalized spacial score (nSPS) is 10.5. The molecule has 1 rings (SSSR count). The van der Waals surface area contributed by atoms with E-state index in [9.17, 15) is 0 Å². The lowest BCUT2D eigenvalue weighted by Gasteiger charge is -2.02. The van der Waals surface area contributed by atoms with Crippen molar-refractivity contribution < 1.29 is 0 Å². The quantitative estimate of drug-likeness (QED) is 0.485. The minimum atomic E-state index is -1.34. The fourth-order valence-electron chi connectivity index (χ4n) is 0.570. The van der Waals surface area contributed by atoms with Gasteiger partial charge in [0.15, 0.2) is 5.69 Å². The van der Waals surface area contributed by atoms with Crippen LogP contribution in [0.3, 0.4) is 0 Å². The average Bonchev–Trinajstić information content (AvgIpc) is 2.02. The third kappa shape index (κ3) is 4.01. The Morgan fingerprint density at radius 2 is 2.00 bits per heavy atom. The molecule has 1 aromatic heterocycles. The number of nitrogens with zero attached hydrogens (tertiary/aromatic N) is 3. The standard InChI is InChI=1S/C8H10ClN3Si/c1-13(2,3)5-4-7-6-10-8(9)12-11-7/h6H,1-3H3. The Bertz CT molecular complexity index is 344. The molecule has 68 valence electrons. The fourth-order valence-corrected chi connectivity index (χ4v) is 1.16. The van der Waals surface area contributed by atoms with Crippen molar-refractivity contribution in [2.45, 2.75) is 19.6 Å². The molecule has 0 aliphatic carbocycles. The van der Waals surface area contributed by atoms with Crippen LogP contribution in [0.5, 0.6) is 0 Å². The molecule has 0 atom stereocenters. The second kappa shape index (κ2) is 3.86. The summed E-state index contributed by atoms with van der Waals surface area (Å²) in [5.41, 5.74) is 3.74. The maximum atomic E-state index is 5.48. The summed E-state index contributed by atoms with van der Waals surface area (Å²) in [5, 5.41) is 7.53. The van der Waals surface area contributed by atoms with Gasteiger partial charge in [-0.1, -0.05) is 25.6 Å². The van der Waals surface area contributed by atoms with Gasteiger partial charge in [-0.2, -0.15) is 0 Å². The number of hydrogen-bond donors (Lipinski definition) is 0. The summed E-state index contributed by atoms with van der Waals surface area (Å²) in [6, 6.07) is 0. The minimum absolute atomic E-state index is 0.151. The van der Waals surface area contributed by atoms with Gasteiger partial charge in [-0.25, -0.2) is 4.98 Å². The highest BCUT2D eigenvalue weighted by Gasteiger charge is 2.07. The third-order valence-corrected chi connectivity index (χ3v) is 2.15. The van der Waals surface area contributed by atoms with Gasteiger partial charge in [-0.15, -0.1) is 15.7 Å². The molecule has 0 bridgehead atoms. The second-order valence-corrected chi connectivity index (χ2v) is 8.70. The van der Waals surface area contributed by atoms with Crippen molar-refractivity contribution in [2.75, 3.05) is 0 Å². The monoisotopic (exact) mass is 211 g/mol. The molecule has 0 radical (unpaired) electrons. The Labute approximate surface area is 83.6 Å². The van der Waals surface area contributed by atoms with Crippen LogP contribution in [-0.2, 0) is 0 Å². The zero-order valence-corrected chi connectivity index (χ0v) is 9.55. The Balaban J connectivity index is 2.85. The first-order valence-electron chi connectivity index (χ1n) is 3.86. The molecular formula is C8H10ClN3Si. The van der Waals surface area contributed by atoms with Crippen molar-refractivity contribution in [1.29, 1.82) is 0 Å². The molecule has 13 heavy (non-hydrogen) atoms. The molecular weight excluding hydrogens is 202 g/mol. The summed E-state index contributed by atoms with van der Waals surface area (Å²) < 4.78 is 0. The number of rotatable bonds is 0. The van der Waals surface area contributed by atoms with E-state index in [1.807, 2.05) is 0 Å². The smallest absolute Gasteiger partial charge is 0.222 e. The highest BCUT2D eigenvalue weighted by atomic mass is 35.5. The van der Waals surface area contributed by atoms with Crippen molar-refractivity contribution in [1.82, 2.24) is 15.2 Å². The Kier molecular flexibility index (Phi) is 3.01. The summed E-state index contributed by atoms with van der Waals surface area (Å²) in [6.45, 7) is 6.49. The van der Waals surface area contributed by atoms with Gasteiger partial charge in [-0.05, 0) is 11.6 Å². The molecule has 5 heteroatoms. The molecule has 0 spiro atoms. The van der Waals surface area contributed by atoms with Crippen LogP contribution in [0.15, 0.2) is 6.20 Å². The Morgan fingerprint density at radius 3 is 2.46 bits per heavy atom. The zero-order valence-electron chi connectivity index (χ0n) is 7.80. The molecule has 0 saturated heterocycles. The minimum Gasteiger partial charge on any atom is -0.222 e. The summed E-state index contributed by atoms with van der Waals surface area (Å²) >= 11 is 5.48. The average molecular weight is 212 g/mol. The van der Waals surface area contributed by atoms with Crippen molar-refractivity contribution in [3.63, 3.8) is 0 Å². The highest BCUT2D eigenvalue weighted by molar-refractivity contribution is 6.83. The molecule has 0 fully saturated rings. The van der Waals surface area contributed by atoms with Gasteiger partial charge >= 0.3 is 0 Å². The molecule has 1 aromatic rings. The van der Waals surface area contributed by atoms with Crippen LogP contribution < -0.4 is 0 Å². The van der Waals surface area contributed by atoms with Crippen LogP contribution >= 0.6 is 11.6 Å². The first-order chi connectivity index (χ1) is 5.97. The molecule has 0 aliphatic rings. The lowest BCUT2D eigenvalue weighted by Crippen LogP contribution is -2.16. The predicted octanol–water partition coefficient (Wildman–Crippen LogP) is 1.75. The van der Waals surface area contributed by atoms with Crippen LogP contribution in [0.4, 0.5) is 0 Å². The molecule has 1 heterocycles. The topological polar surface area (TPSA) is 38.7 Å². The fraction of sp³-hybridized carbons (Fsp3) is 0.375. The van der Waals surface area contributed by atoms with Gasteiger partial charge in [0.05, 0.1) is 6.20 Å². The Morgan fingerprint density at radius 1 is 1.31 bits per heavy atom. The van der Waals surface area contributed by atoms with E-state index in [0.717, 1.165) is 0 Å². The van der Waals surface area contributed by atoms with E-state index < -0.39 is 8.07 Å². The van der Waals surface area contributed by atoms with E-state index in [1.165, 1.54) is 6.20 Å². The van der Waals surface area contributed by atoms with Crippen molar-refractivity contribution in [2.24, 2.45) is 0 Å². The largest absolute Gasteiger partial charge is 0.243 e. The summed E-state index contributed by atoms with van der Waals surface area (Å²) in [7, 11) is -1.34. The number of hydrogen-bond acceptors (Lipinski definition) is 3. The van der Waals surface area contributed by atoms with Crippen LogP contribution in [-0.4, -0.2) is 23.3 Å². The van der Waals surface area contributed by atoms with Crippen LogP contribution in [0, 0.1) is 11.5 Å². The van der Waals surface area contributed by atoms with Crippen molar-refractivity contribution in [3.05, 3.63) is 17.2 Å². The summed E-state index contributed by atoms with van der Waals surface area (Å²) in [4.78, 5) is 3.78.